The normalized spacial score (nSPS) is 31.7. The monoisotopic (exact) mass is 200 g/mol. The van der Waals surface area contributed by atoms with Crippen molar-refractivity contribution in [1.82, 2.24) is 4.90 Å². The molecule has 0 bridgehead atoms. The number of ether oxygens (including phenoxy) is 1. The number of nitrogens with zero attached hydrogens (tertiary/aromatic N) is 1. The summed E-state index contributed by atoms with van der Waals surface area (Å²) >= 11 is 0. The first-order chi connectivity index (χ1) is 6.61. The van der Waals surface area contributed by atoms with E-state index in [0.717, 1.165) is 32.6 Å². The average molecular weight is 200 g/mol. The topological polar surface area (TPSA) is 38.5 Å². The van der Waals surface area contributed by atoms with Gasteiger partial charge >= 0.3 is 0 Å². The second-order valence-corrected chi connectivity index (χ2v) is 4.66. The van der Waals surface area contributed by atoms with Gasteiger partial charge in [0.25, 0.3) is 0 Å². The van der Waals surface area contributed by atoms with Crippen LogP contribution in [0.1, 0.15) is 27.2 Å². The van der Waals surface area contributed by atoms with Crippen LogP contribution in [0.5, 0.6) is 0 Å². The molecule has 0 amide bonds. The van der Waals surface area contributed by atoms with Crippen molar-refractivity contribution in [3.8, 4) is 0 Å². The summed E-state index contributed by atoms with van der Waals surface area (Å²) in [5.41, 5.74) is 5.55. The molecular formula is C11H24N2O. The number of hydrogen-bond acceptors (Lipinski definition) is 3. The molecular weight excluding hydrogens is 176 g/mol. The molecule has 0 aliphatic carbocycles. The highest BCUT2D eigenvalue weighted by Gasteiger charge is 2.22. The number of nitrogens with two attached hydrogens (primary N) is 1. The van der Waals surface area contributed by atoms with Gasteiger partial charge in [0.1, 0.15) is 0 Å². The van der Waals surface area contributed by atoms with Gasteiger partial charge in [-0.2, -0.15) is 0 Å². The second-order valence-electron chi connectivity index (χ2n) is 4.66. The maximum Gasteiger partial charge on any atom is 0.0678 e. The Morgan fingerprint density at radius 3 is 2.43 bits per heavy atom. The van der Waals surface area contributed by atoms with Crippen molar-refractivity contribution in [2.24, 2.45) is 11.7 Å². The summed E-state index contributed by atoms with van der Waals surface area (Å²) in [5, 5.41) is 0. The van der Waals surface area contributed by atoms with Crippen LogP contribution >= 0.6 is 0 Å². The third kappa shape index (κ3) is 3.95. The Morgan fingerprint density at radius 1 is 1.36 bits per heavy atom. The molecule has 2 N–H and O–H groups in total. The SMILES string of the molecule is CC(CCN)CN1C[C@@H](C)O[C@@H](C)C1. The Balaban J connectivity index is 2.29. The van der Waals surface area contributed by atoms with Crippen LogP contribution in [0.2, 0.25) is 0 Å². The van der Waals surface area contributed by atoms with E-state index in [4.69, 9.17) is 10.5 Å². The van der Waals surface area contributed by atoms with E-state index in [1.165, 1.54) is 0 Å². The minimum absolute atomic E-state index is 0.379. The molecule has 0 aromatic heterocycles. The number of hydrogen-bond donors (Lipinski definition) is 1. The maximum absolute atomic E-state index is 5.69. The minimum atomic E-state index is 0.379. The van der Waals surface area contributed by atoms with Gasteiger partial charge in [0.05, 0.1) is 12.2 Å². The molecule has 1 unspecified atom stereocenters. The van der Waals surface area contributed by atoms with Crippen LogP contribution in [0.25, 0.3) is 0 Å². The lowest BCUT2D eigenvalue weighted by molar-refractivity contribution is -0.0710. The highest BCUT2D eigenvalue weighted by atomic mass is 16.5. The standard InChI is InChI=1S/C11H24N2O/c1-9(4-5-12)6-13-7-10(2)14-11(3)8-13/h9-11H,4-8,12H2,1-3H3/t9?,10-,11+. The maximum atomic E-state index is 5.69. The first kappa shape index (κ1) is 12.0. The Labute approximate surface area is 87.6 Å². The summed E-state index contributed by atoms with van der Waals surface area (Å²) in [5.74, 6) is 0.706. The molecule has 0 aromatic rings. The van der Waals surface area contributed by atoms with Crippen molar-refractivity contribution < 1.29 is 4.74 Å². The smallest absolute Gasteiger partial charge is 0.0678 e. The molecule has 1 rings (SSSR count). The Hall–Kier alpha value is -0.120. The third-order valence-electron chi connectivity index (χ3n) is 2.72. The predicted octanol–water partition coefficient (Wildman–Crippen LogP) is 1.08. The van der Waals surface area contributed by atoms with Crippen molar-refractivity contribution in [2.75, 3.05) is 26.2 Å². The molecule has 3 atom stereocenters. The second kappa shape index (κ2) is 5.69. The van der Waals surface area contributed by atoms with Crippen molar-refractivity contribution in [3.05, 3.63) is 0 Å². The van der Waals surface area contributed by atoms with Crippen molar-refractivity contribution >= 4 is 0 Å². The minimum Gasteiger partial charge on any atom is -0.373 e. The van der Waals surface area contributed by atoms with Crippen LogP contribution in [-0.4, -0.2) is 43.3 Å². The quantitative estimate of drug-likeness (QED) is 0.738. The van der Waals surface area contributed by atoms with E-state index in [-0.39, 0.29) is 0 Å². The zero-order valence-corrected chi connectivity index (χ0v) is 9.70. The first-order valence-corrected chi connectivity index (χ1v) is 5.69. The van der Waals surface area contributed by atoms with Gasteiger partial charge in [-0.15, -0.1) is 0 Å². The van der Waals surface area contributed by atoms with Gasteiger partial charge in [0.2, 0.25) is 0 Å². The molecule has 0 radical (unpaired) electrons. The molecule has 3 nitrogen and oxygen atoms in total. The largest absolute Gasteiger partial charge is 0.373 e. The van der Waals surface area contributed by atoms with Crippen LogP contribution in [0.3, 0.4) is 0 Å². The lowest BCUT2D eigenvalue weighted by Crippen LogP contribution is -2.46. The summed E-state index contributed by atoms with van der Waals surface area (Å²) in [6.07, 6.45) is 1.88. The molecule has 0 saturated carbocycles. The molecule has 0 spiro atoms. The van der Waals surface area contributed by atoms with E-state index >= 15 is 0 Å². The highest BCUT2D eigenvalue weighted by molar-refractivity contribution is 4.74. The molecule has 84 valence electrons. The molecule has 1 heterocycles. The Kier molecular flexibility index (Phi) is 4.85. The Morgan fingerprint density at radius 2 is 1.93 bits per heavy atom. The fourth-order valence-corrected chi connectivity index (χ4v) is 2.25. The fraction of sp³-hybridized carbons (Fsp3) is 1.00. The van der Waals surface area contributed by atoms with Crippen LogP contribution in [0.4, 0.5) is 0 Å². The summed E-state index contributed by atoms with van der Waals surface area (Å²) in [6.45, 7) is 10.7. The van der Waals surface area contributed by atoms with Gasteiger partial charge in [-0.1, -0.05) is 6.92 Å². The third-order valence-corrected chi connectivity index (χ3v) is 2.72. The van der Waals surface area contributed by atoms with Crippen molar-refractivity contribution in [3.63, 3.8) is 0 Å². The molecule has 1 aliphatic heterocycles. The van der Waals surface area contributed by atoms with E-state index in [2.05, 4.69) is 25.7 Å². The van der Waals surface area contributed by atoms with Gasteiger partial charge in [-0.3, -0.25) is 4.90 Å². The Bertz CT molecular complexity index is 153. The lowest BCUT2D eigenvalue weighted by atomic mass is 10.1. The average Bonchev–Trinajstić information content (AvgIpc) is 2.01. The molecule has 0 aromatic carbocycles. The molecule has 14 heavy (non-hydrogen) atoms. The van der Waals surface area contributed by atoms with E-state index < -0.39 is 0 Å². The number of rotatable bonds is 4. The van der Waals surface area contributed by atoms with Crippen LogP contribution in [0, 0.1) is 5.92 Å². The van der Waals surface area contributed by atoms with Crippen LogP contribution < -0.4 is 5.73 Å². The van der Waals surface area contributed by atoms with E-state index in [0.29, 0.717) is 18.1 Å². The summed E-state index contributed by atoms with van der Waals surface area (Å²) in [7, 11) is 0. The summed E-state index contributed by atoms with van der Waals surface area (Å²) in [4.78, 5) is 2.50. The molecule has 1 saturated heterocycles. The zero-order valence-electron chi connectivity index (χ0n) is 9.70. The van der Waals surface area contributed by atoms with Gasteiger partial charge in [0, 0.05) is 19.6 Å². The van der Waals surface area contributed by atoms with Gasteiger partial charge in [0.15, 0.2) is 0 Å². The molecule has 3 heteroatoms. The summed E-state index contributed by atoms with van der Waals surface area (Å²) < 4.78 is 5.69. The van der Waals surface area contributed by atoms with Gasteiger partial charge < -0.3 is 10.5 Å². The van der Waals surface area contributed by atoms with Crippen molar-refractivity contribution in [1.29, 1.82) is 0 Å². The van der Waals surface area contributed by atoms with Gasteiger partial charge in [-0.05, 0) is 32.7 Å². The lowest BCUT2D eigenvalue weighted by Gasteiger charge is -2.36. The predicted molar refractivity (Wildman–Crippen MR) is 59.3 cm³/mol. The number of morpholine rings is 1. The van der Waals surface area contributed by atoms with Gasteiger partial charge in [-0.25, -0.2) is 0 Å². The summed E-state index contributed by atoms with van der Waals surface area (Å²) in [6, 6.07) is 0. The van der Waals surface area contributed by atoms with E-state index in [9.17, 15) is 0 Å². The highest BCUT2D eigenvalue weighted by Crippen LogP contribution is 2.13. The zero-order chi connectivity index (χ0) is 10.6. The fourth-order valence-electron chi connectivity index (χ4n) is 2.25. The van der Waals surface area contributed by atoms with E-state index in [1.807, 2.05) is 0 Å². The van der Waals surface area contributed by atoms with Crippen LogP contribution in [-0.2, 0) is 4.74 Å². The molecule has 1 fully saturated rings. The molecule has 1 aliphatic rings. The van der Waals surface area contributed by atoms with E-state index in [1.54, 1.807) is 0 Å². The van der Waals surface area contributed by atoms with Crippen LogP contribution in [0.15, 0.2) is 0 Å². The van der Waals surface area contributed by atoms with Crippen molar-refractivity contribution in [2.45, 2.75) is 39.4 Å². The first-order valence-electron chi connectivity index (χ1n) is 5.69.